The van der Waals surface area contributed by atoms with Gasteiger partial charge in [-0.2, -0.15) is 0 Å². The van der Waals surface area contributed by atoms with E-state index in [-0.39, 0.29) is 5.78 Å². The predicted molar refractivity (Wildman–Crippen MR) is 74.2 cm³/mol. The number of hydrogen-bond donors (Lipinski definition) is 0. The van der Waals surface area contributed by atoms with Crippen LogP contribution >= 0.6 is 0 Å². The quantitative estimate of drug-likeness (QED) is 0.808. The van der Waals surface area contributed by atoms with E-state index in [0.717, 1.165) is 26.2 Å². The molecule has 1 aliphatic heterocycles. The highest BCUT2D eigenvalue weighted by Gasteiger charge is 2.14. The maximum Gasteiger partial charge on any atom is 0.143 e. The van der Waals surface area contributed by atoms with E-state index >= 15 is 0 Å². The number of carbonyl (C=O) groups is 1. The molecule has 1 aromatic rings. The van der Waals surface area contributed by atoms with Crippen LogP contribution in [0.3, 0.4) is 0 Å². The topological polar surface area (TPSA) is 23.6 Å². The number of nitrogens with zero attached hydrogens (tertiary/aromatic N) is 2. The average molecular weight is 244 g/mol. The molecule has 1 aliphatic rings. The van der Waals surface area contributed by atoms with Crippen LogP contribution in [-0.4, -0.2) is 48.3 Å². The maximum atomic E-state index is 11.0. The largest absolute Gasteiger partial charge is 0.375 e. The molecule has 1 aromatic carbocycles. The summed E-state index contributed by atoms with van der Waals surface area (Å²) < 4.78 is 0. The molecule has 0 aromatic heterocycles. The minimum Gasteiger partial charge on any atom is -0.375 e. The normalized spacial score (nSPS) is 17.3. The highest BCUT2D eigenvalue weighted by molar-refractivity contribution is 5.77. The van der Waals surface area contributed by atoms with Gasteiger partial charge in [0.05, 0.1) is 6.54 Å². The third kappa shape index (κ3) is 4.00. The SMILES string of the molecule is CC(=O)CN1CCN(/C=C/c2ccccc2)CC1. The number of hydrogen-bond acceptors (Lipinski definition) is 3. The average Bonchev–Trinajstić information content (AvgIpc) is 2.38. The van der Waals surface area contributed by atoms with Crippen molar-refractivity contribution in [3.05, 3.63) is 42.1 Å². The van der Waals surface area contributed by atoms with Crippen molar-refractivity contribution in [1.29, 1.82) is 0 Å². The summed E-state index contributed by atoms with van der Waals surface area (Å²) >= 11 is 0. The molecule has 0 saturated carbocycles. The van der Waals surface area contributed by atoms with Crippen LogP contribution in [-0.2, 0) is 4.79 Å². The van der Waals surface area contributed by atoms with E-state index in [1.54, 1.807) is 6.92 Å². The van der Waals surface area contributed by atoms with E-state index in [4.69, 9.17) is 0 Å². The van der Waals surface area contributed by atoms with Crippen molar-refractivity contribution in [1.82, 2.24) is 9.80 Å². The summed E-state index contributed by atoms with van der Waals surface area (Å²) in [4.78, 5) is 15.6. The molecule has 3 heteroatoms. The van der Waals surface area contributed by atoms with Gasteiger partial charge < -0.3 is 4.90 Å². The highest BCUT2D eigenvalue weighted by atomic mass is 16.1. The second-order valence-electron chi connectivity index (χ2n) is 4.74. The summed E-state index contributed by atoms with van der Waals surface area (Å²) in [6, 6.07) is 10.3. The molecule has 96 valence electrons. The lowest BCUT2D eigenvalue weighted by atomic mass is 10.2. The minimum absolute atomic E-state index is 0.253. The first-order valence-electron chi connectivity index (χ1n) is 6.43. The van der Waals surface area contributed by atoms with Gasteiger partial charge in [0.1, 0.15) is 5.78 Å². The van der Waals surface area contributed by atoms with Crippen molar-refractivity contribution in [3.8, 4) is 0 Å². The molecule has 18 heavy (non-hydrogen) atoms. The van der Waals surface area contributed by atoms with Crippen molar-refractivity contribution in [3.63, 3.8) is 0 Å². The number of rotatable bonds is 4. The molecule has 0 amide bonds. The second-order valence-corrected chi connectivity index (χ2v) is 4.74. The van der Waals surface area contributed by atoms with Gasteiger partial charge in [0.25, 0.3) is 0 Å². The first kappa shape index (κ1) is 12.8. The Morgan fingerprint density at radius 3 is 2.44 bits per heavy atom. The third-order valence-electron chi connectivity index (χ3n) is 3.13. The van der Waals surface area contributed by atoms with Gasteiger partial charge in [-0.25, -0.2) is 0 Å². The molecule has 0 unspecified atom stereocenters. The van der Waals surface area contributed by atoms with E-state index in [1.165, 1.54) is 5.56 Å². The Morgan fingerprint density at radius 1 is 1.17 bits per heavy atom. The molecular weight excluding hydrogens is 224 g/mol. The molecule has 0 radical (unpaired) electrons. The van der Waals surface area contributed by atoms with Crippen LogP contribution in [0.4, 0.5) is 0 Å². The molecule has 0 N–H and O–H groups in total. The van der Waals surface area contributed by atoms with Crippen LogP contribution < -0.4 is 0 Å². The Kier molecular flexibility index (Phi) is 4.53. The van der Waals surface area contributed by atoms with Crippen molar-refractivity contribution in [2.45, 2.75) is 6.92 Å². The van der Waals surface area contributed by atoms with Gasteiger partial charge >= 0.3 is 0 Å². The second kappa shape index (κ2) is 6.36. The molecule has 1 heterocycles. The van der Waals surface area contributed by atoms with Gasteiger partial charge in [-0.15, -0.1) is 0 Å². The molecule has 0 bridgehead atoms. The molecule has 0 atom stereocenters. The lowest BCUT2D eigenvalue weighted by Crippen LogP contribution is -2.45. The van der Waals surface area contributed by atoms with E-state index < -0.39 is 0 Å². The Labute approximate surface area is 109 Å². The molecule has 2 rings (SSSR count). The fourth-order valence-electron chi connectivity index (χ4n) is 2.14. The summed E-state index contributed by atoms with van der Waals surface area (Å²) in [6.45, 7) is 6.18. The maximum absolute atomic E-state index is 11.0. The minimum atomic E-state index is 0.253. The Morgan fingerprint density at radius 2 is 1.83 bits per heavy atom. The standard InChI is InChI=1S/C15H20N2O/c1-14(18)13-17-11-9-16(10-12-17)8-7-15-5-3-2-4-6-15/h2-8H,9-13H2,1H3/b8-7+. The van der Waals surface area contributed by atoms with Gasteiger partial charge in [-0.05, 0) is 24.8 Å². The number of piperazine rings is 1. The van der Waals surface area contributed by atoms with Crippen molar-refractivity contribution >= 4 is 11.9 Å². The first-order valence-corrected chi connectivity index (χ1v) is 6.43. The fourth-order valence-corrected chi connectivity index (χ4v) is 2.14. The summed E-state index contributed by atoms with van der Waals surface area (Å²) in [5.41, 5.74) is 1.23. The Hall–Kier alpha value is -1.61. The van der Waals surface area contributed by atoms with Crippen LogP contribution in [0.2, 0.25) is 0 Å². The first-order chi connectivity index (χ1) is 8.74. The monoisotopic (exact) mass is 244 g/mol. The smallest absolute Gasteiger partial charge is 0.143 e. The van der Waals surface area contributed by atoms with E-state index in [2.05, 4.69) is 34.2 Å². The summed E-state index contributed by atoms with van der Waals surface area (Å²) in [6.07, 6.45) is 4.29. The van der Waals surface area contributed by atoms with Gasteiger partial charge in [0.2, 0.25) is 0 Å². The number of Topliss-reactive ketones (excluding diaryl/α,β-unsaturated/α-hetero) is 1. The van der Waals surface area contributed by atoms with E-state index in [0.29, 0.717) is 6.54 Å². The van der Waals surface area contributed by atoms with Crippen LogP contribution in [0.1, 0.15) is 12.5 Å². The molecule has 0 aliphatic carbocycles. The molecule has 1 saturated heterocycles. The highest BCUT2D eigenvalue weighted by Crippen LogP contribution is 2.06. The van der Waals surface area contributed by atoms with E-state index in [9.17, 15) is 4.79 Å². The number of ketones is 1. The van der Waals surface area contributed by atoms with Crippen LogP contribution in [0.25, 0.3) is 6.08 Å². The molecule has 1 fully saturated rings. The van der Waals surface area contributed by atoms with E-state index in [1.807, 2.05) is 18.2 Å². The van der Waals surface area contributed by atoms with Crippen molar-refractivity contribution < 1.29 is 4.79 Å². The Bertz CT molecular complexity index is 406. The Balaban J connectivity index is 1.80. The van der Waals surface area contributed by atoms with Crippen molar-refractivity contribution in [2.75, 3.05) is 32.7 Å². The zero-order valence-corrected chi connectivity index (χ0v) is 10.9. The van der Waals surface area contributed by atoms with Gasteiger partial charge in [0.15, 0.2) is 0 Å². The lowest BCUT2D eigenvalue weighted by Gasteiger charge is -2.33. The van der Waals surface area contributed by atoms with Crippen LogP contribution in [0.5, 0.6) is 0 Å². The third-order valence-corrected chi connectivity index (χ3v) is 3.13. The predicted octanol–water partition coefficient (Wildman–Crippen LogP) is 1.86. The zero-order valence-electron chi connectivity index (χ0n) is 10.9. The molecular formula is C15H20N2O. The number of benzene rings is 1. The zero-order chi connectivity index (χ0) is 12.8. The van der Waals surface area contributed by atoms with Crippen LogP contribution in [0, 0.1) is 0 Å². The van der Waals surface area contributed by atoms with Gasteiger partial charge in [0, 0.05) is 26.2 Å². The number of carbonyl (C=O) groups excluding carboxylic acids is 1. The van der Waals surface area contributed by atoms with Gasteiger partial charge in [-0.1, -0.05) is 30.3 Å². The van der Waals surface area contributed by atoms with Crippen molar-refractivity contribution in [2.24, 2.45) is 0 Å². The molecule has 3 nitrogen and oxygen atoms in total. The summed E-state index contributed by atoms with van der Waals surface area (Å²) in [5.74, 6) is 0.253. The lowest BCUT2D eigenvalue weighted by molar-refractivity contribution is -0.118. The summed E-state index contributed by atoms with van der Waals surface area (Å²) in [7, 11) is 0. The van der Waals surface area contributed by atoms with Crippen LogP contribution in [0.15, 0.2) is 36.5 Å². The fraction of sp³-hybridized carbons (Fsp3) is 0.400. The summed E-state index contributed by atoms with van der Waals surface area (Å²) in [5, 5.41) is 0. The van der Waals surface area contributed by atoms with Gasteiger partial charge in [-0.3, -0.25) is 9.69 Å². The molecule has 0 spiro atoms.